The van der Waals surface area contributed by atoms with E-state index in [0.717, 1.165) is 0 Å². The fourth-order valence-electron chi connectivity index (χ4n) is 2.96. The van der Waals surface area contributed by atoms with E-state index in [9.17, 15) is 0 Å². The van der Waals surface area contributed by atoms with Gasteiger partial charge in [0.15, 0.2) is 0 Å². The van der Waals surface area contributed by atoms with Crippen LogP contribution < -0.4 is 10.2 Å². The van der Waals surface area contributed by atoms with Crippen molar-refractivity contribution in [1.29, 1.82) is 0 Å². The smallest absolute Gasteiger partial charge is 0.0432 e. The van der Waals surface area contributed by atoms with Gasteiger partial charge in [-0.15, -0.1) is 0 Å². The zero-order valence-corrected chi connectivity index (χ0v) is 9.29. The van der Waals surface area contributed by atoms with Crippen molar-refractivity contribution in [3.05, 3.63) is 29.3 Å². The van der Waals surface area contributed by atoms with Crippen LogP contribution in [0.2, 0.25) is 0 Å². The van der Waals surface area contributed by atoms with E-state index in [-0.39, 0.29) is 0 Å². The Labute approximate surface area is 91.3 Å². The lowest BCUT2D eigenvalue weighted by atomic mass is 9.90. The first-order valence-corrected chi connectivity index (χ1v) is 5.91. The largest absolute Gasteiger partial charge is 0.370 e. The number of benzene rings is 1. The first-order chi connectivity index (χ1) is 7.38. The lowest BCUT2D eigenvalue weighted by Crippen LogP contribution is -2.46. The third kappa shape index (κ3) is 1.44. The average Bonchev–Trinajstić information content (AvgIpc) is 2.29. The molecule has 0 amide bonds. The predicted octanol–water partition coefficient (Wildman–Crippen LogP) is 1.58. The van der Waals surface area contributed by atoms with Gasteiger partial charge in [0.25, 0.3) is 0 Å². The van der Waals surface area contributed by atoms with Gasteiger partial charge in [-0.3, -0.25) is 0 Å². The van der Waals surface area contributed by atoms with Crippen molar-refractivity contribution in [2.24, 2.45) is 0 Å². The van der Waals surface area contributed by atoms with Crippen LogP contribution in [0.5, 0.6) is 0 Å². The molecule has 2 nitrogen and oxygen atoms in total. The molecule has 0 aliphatic carbocycles. The van der Waals surface area contributed by atoms with Gasteiger partial charge < -0.3 is 10.2 Å². The maximum Gasteiger partial charge on any atom is 0.0432 e. The summed E-state index contributed by atoms with van der Waals surface area (Å²) in [5.41, 5.74) is 4.65. The quantitative estimate of drug-likeness (QED) is 0.744. The molecule has 2 heteroatoms. The first-order valence-electron chi connectivity index (χ1n) is 5.91. The summed E-state index contributed by atoms with van der Waals surface area (Å²) in [7, 11) is 2.07. The molecule has 3 rings (SSSR count). The molecule has 2 heterocycles. The Morgan fingerprint density at radius 1 is 1.33 bits per heavy atom. The lowest BCUT2D eigenvalue weighted by Gasteiger charge is -2.40. The number of nitrogens with one attached hydrogen (secondary N) is 1. The van der Waals surface area contributed by atoms with Crippen LogP contribution in [-0.2, 0) is 12.8 Å². The number of nitrogens with zero attached hydrogens (tertiary/aromatic N) is 1. The molecule has 0 radical (unpaired) electrons. The van der Waals surface area contributed by atoms with Crippen LogP contribution in [0.3, 0.4) is 0 Å². The van der Waals surface area contributed by atoms with E-state index in [1.807, 2.05) is 0 Å². The van der Waals surface area contributed by atoms with Crippen LogP contribution in [-0.4, -0.2) is 26.2 Å². The highest BCUT2D eigenvalue weighted by Crippen LogP contribution is 2.34. The summed E-state index contributed by atoms with van der Waals surface area (Å²) in [6.07, 6.45) is 3.77. The Balaban J connectivity index is 2.06. The highest BCUT2D eigenvalue weighted by molar-refractivity contribution is 5.63. The number of hydrogen-bond acceptors (Lipinski definition) is 2. The molecule has 0 bridgehead atoms. The van der Waals surface area contributed by atoms with Crippen molar-refractivity contribution < 1.29 is 0 Å². The summed E-state index contributed by atoms with van der Waals surface area (Å²) in [6.45, 7) is 2.42. The molecule has 0 fully saturated rings. The van der Waals surface area contributed by atoms with Crippen LogP contribution in [0.15, 0.2) is 18.2 Å². The summed E-state index contributed by atoms with van der Waals surface area (Å²) in [6, 6.07) is 7.44. The van der Waals surface area contributed by atoms with Crippen LogP contribution in [0.25, 0.3) is 0 Å². The lowest BCUT2D eigenvalue weighted by molar-refractivity contribution is 0.508. The second-order valence-electron chi connectivity index (χ2n) is 4.66. The van der Waals surface area contributed by atoms with E-state index in [2.05, 4.69) is 35.5 Å². The molecule has 0 saturated heterocycles. The molecule has 1 aromatic rings. The van der Waals surface area contributed by atoms with Crippen molar-refractivity contribution in [2.45, 2.75) is 25.3 Å². The number of likely N-dealkylation sites (N-methyl/N-ethyl adjacent to an activating group) is 1. The molecule has 15 heavy (non-hydrogen) atoms. The van der Waals surface area contributed by atoms with Crippen molar-refractivity contribution in [2.75, 3.05) is 25.0 Å². The molecule has 0 saturated carbocycles. The summed E-state index contributed by atoms with van der Waals surface area (Å²) in [5.74, 6) is 0. The molecule has 2 aliphatic heterocycles. The van der Waals surface area contributed by atoms with Gasteiger partial charge in [0.05, 0.1) is 0 Å². The molecular weight excluding hydrogens is 184 g/mol. The number of para-hydroxylation sites is 1. The maximum atomic E-state index is 3.41. The highest BCUT2D eigenvalue weighted by atomic mass is 15.2. The van der Waals surface area contributed by atoms with Crippen LogP contribution in [0, 0.1) is 0 Å². The van der Waals surface area contributed by atoms with E-state index in [1.165, 1.54) is 37.9 Å². The zero-order valence-electron chi connectivity index (χ0n) is 9.29. The number of rotatable bonds is 1. The maximum absolute atomic E-state index is 3.41. The Bertz CT molecular complexity index is 373. The van der Waals surface area contributed by atoms with Crippen LogP contribution >= 0.6 is 0 Å². The zero-order chi connectivity index (χ0) is 10.3. The SMILES string of the molecule is CNC1Cc2cccc3c2N(CCC3)C1. The van der Waals surface area contributed by atoms with Crippen molar-refractivity contribution in [3.63, 3.8) is 0 Å². The average molecular weight is 202 g/mol. The fourth-order valence-corrected chi connectivity index (χ4v) is 2.96. The first kappa shape index (κ1) is 9.22. The van der Waals surface area contributed by atoms with Crippen LogP contribution in [0.4, 0.5) is 5.69 Å². The molecule has 1 aromatic carbocycles. The predicted molar refractivity (Wildman–Crippen MR) is 63.5 cm³/mol. The number of hydrogen-bond donors (Lipinski definition) is 1. The van der Waals surface area contributed by atoms with Crippen LogP contribution in [0.1, 0.15) is 17.5 Å². The van der Waals surface area contributed by atoms with Crippen molar-refractivity contribution >= 4 is 5.69 Å². The van der Waals surface area contributed by atoms with Gasteiger partial charge in [-0.1, -0.05) is 18.2 Å². The molecule has 0 aromatic heterocycles. The minimum Gasteiger partial charge on any atom is -0.370 e. The third-order valence-corrected chi connectivity index (χ3v) is 3.71. The van der Waals surface area contributed by atoms with E-state index in [4.69, 9.17) is 0 Å². The minimum atomic E-state index is 0.630. The molecule has 1 unspecified atom stereocenters. The summed E-state index contributed by atoms with van der Waals surface area (Å²) >= 11 is 0. The topological polar surface area (TPSA) is 15.3 Å². The van der Waals surface area contributed by atoms with Gasteiger partial charge in [-0.05, 0) is 37.4 Å². The molecule has 0 spiro atoms. The summed E-state index contributed by atoms with van der Waals surface area (Å²) in [5, 5.41) is 3.41. The monoisotopic (exact) mass is 202 g/mol. The normalized spacial score (nSPS) is 23.8. The Hall–Kier alpha value is -1.02. The van der Waals surface area contributed by atoms with Gasteiger partial charge in [-0.25, -0.2) is 0 Å². The Morgan fingerprint density at radius 3 is 3.07 bits per heavy atom. The number of aryl methyl sites for hydroxylation is 1. The van der Waals surface area contributed by atoms with Gasteiger partial charge in [0.1, 0.15) is 0 Å². The van der Waals surface area contributed by atoms with Gasteiger partial charge >= 0.3 is 0 Å². The van der Waals surface area contributed by atoms with Gasteiger partial charge in [0, 0.05) is 24.8 Å². The second kappa shape index (κ2) is 3.53. The molecular formula is C13H18N2. The Kier molecular flexibility index (Phi) is 2.17. The van der Waals surface area contributed by atoms with E-state index in [1.54, 1.807) is 11.3 Å². The second-order valence-corrected chi connectivity index (χ2v) is 4.66. The van der Waals surface area contributed by atoms with Gasteiger partial charge in [0.2, 0.25) is 0 Å². The number of anilines is 1. The standard InChI is InChI=1S/C13H18N2/c1-14-12-8-11-5-2-4-10-6-3-7-15(9-12)13(10)11/h2,4-5,12,14H,3,6-9H2,1H3. The molecule has 80 valence electrons. The summed E-state index contributed by atoms with van der Waals surface area (Å²) < 4.78 is 0. The summed E-state index contributed by atoms with van der Waals surface area (Å²) in [4.78, 5) is 2.57. The Morgan fingerprint density at radius 2 is 2.20 bits per heavy atom. The minimum absolute atomic E-state index is 0.630. The van der Waals surface area contributed by atoms with Crippen molar-refractivity contribution in [1.82, 2.24) is 5.32 Å². The third-order valence-electron chi connectivity index (χ3n) is 3.71. The molecule has 1 atom stereocenters. The highest BCUT2D eigenvalue weighted by Gasteiger charge is 2.27. The molecule has 1 N–H and O–H groups in total. The van der Waals surface area contributed by atoms with Crippen molar-refractivity contribution in [3.8, 4) is 0 Å². The van der Waals surface area contributed by atoms with E-state index in [0.29, 0.717) is 6.04 Å². The molecule has 2 aliphatic rings. The van der Waals surface area contributed by atoms with E-state index >= 15 is 0 Å². The van der Waals surface area contributed by atoms with Gasteiger partial charge in [-0.2, -0.15) is 0 Å². The fraction of sp³-hybridized carbons (Fsp3) is 0.538. The van der Waals surface area contributed by atoms with E-state index < -0.39 is 0 Å².